The summed E-state index contributed by atoms with van der Waals surface area (Å²) in [6, 6.07) is 10.3. The number of amides is 1. The summed E-state index contributed by atoms with van der Waals surface area (Å²) in [5, 5.41) is 0. The Balaban J connectivity index is 1.85. The number of benzene rings is 1. The minimum atomic E-state index is -0.512. The van der Waals surface area contributed by atoms with E-state index >= 15 is 0 Å². The molecule has 2 atom stereocenters. The zero-order valence-corrected chi connectivity index (χ0v) is 17.6. The van der Waals surface area contributed by atoms with Crippen LogP contribution in [0.1, 0.15) is 59.9 Å². The minimum Gasteiger partial charge on any atom is -0.444 e. The van der Waals surface area contributed by atoms with E-state index < -0.39 is 16.8 Å². The van der Waals surface area contributed by atoms with Crippen molar-refractivity contribution in [2.75, 3.05) is 13.1 Å². The Morgan fingerprint density at radius 2 is 1.63 bits per heavy atom. The predicted molar refractivity (Wildman–Crippen MR) is 107 cm³/mol. The van der Waals surface area contributed by atoms with E-state index in [2.05, 4.69) is 39.8 Å². The fraction of sp³-hybridized carbons (Fsp3) is 0.667. The van der Waals surface area contributed by atoms with Crippen LogP contribution in [0.5, 0.6) is 0 Å². The van der Waals surface area contributed by atoms with Crippen molar-refractivity contribution >= 4 is 13.2 Å². The highest BCUT2D eigenvalue weighted by molar-refractivity contribution is 6.48. The van der Waals surface area contributed by atoms with Crippen LogP contribution in [0, 0.1) is 0 Å². The SMILES string of the molecule is CC(C)(C)OC(=O)N1CC(B2OC(C)(C)C(C)(C)O2)C(c2ccccc2)C1. The zero-order valence-electron chi connectivity index (χ0n) is 17.6. The van der Waals surface area contributed by atoms with Gasteiger partial charge in [-0.05, 0) is 54.0 Å². The van der Waals surface area contributed by atoms with Gasteiger partial charge in [-0.25, -0.2) is 4.79 Å². The van der Waals surface area contributed by atoms with Gasteiger partial charge in [0.05, 0.1) is 11.2 Å². The van der Waals surface area contributed by atoms with E-state index in [1.54, 1.807) is 4.90 Å². The van der Waals surface area contributed by atoms with Crippen LogP contribution in [0.2, 0.25) is 5.82 Å². The lowest BCUT2D eigenvalue weighted by molar-refractivity contribution is 0.00578. The first kappa shape index (κ1) is 20.2. The number of hydrogen-bond acceptors (Lipinski definition) is 4. The van der Waals surface area contributed by atoms with Gasteiger partial charge in [0.1, 0.15) is 5.60 Å². The number of carbonyl (C=O) groups is 1. The van der Waals surface area contributed by atoms with Gasteiger partial charge in [-0.2, -0.15) is 0 Å². The molecule has 2 fully saturated rings. The lowest BCUT2D eigenvalue weighted by Gasteiger charge is -2.32. The molecule has 6 heteroatoms. The van der Waals surface area contributed by atoms with Gasteiger partial charge in [-0.3, -0.25) is 0 Å². The van der Waals surface area contributed by atoms with E-state index in [4.69, 9.17) is 14.0 Å². The summed E-state index contributed by atoms with van der Waals surface area (Å²) in [6.45, 7) is 15.1. The lowest BCUT2D eigenvalue weighted by Crippen LogP contribution is -2.41. The van der Waals surface area contributed by atoms with Crippen LogP contribution >= 0.6 is 0 Å². The predicted octanol–water partition coefficient (Wildman–Crippen LogP) is 4.48. The average molecular weight is 373 g/mol. The Morgan fingerprint density at radius 1 is 1.07 bits per heavy atom. The van der Waals surface area contributed by atoms with Crippen molar-refractivity contribution in [2.24, 2.45) is 0 Å². The Hall–Kier alpha value is -1.53. The first-order valence-electron chi connectivity index (χ1n) is 9.78. The number of carbonyl (C=O) groups excluding carboxylic acids is 1. The molecular formula is C21H32BNO4. The zero-order chi connectivity index (χ0) is 20.0. The second kappa shape index (κ2) is 6.82. The Labute approximate surface area is 163 Å². The van der Waals surface area contributed by atoms with Crippen molar-refractivity contribution in [3.05, 3.63) is 35.9 Å². The van der Waals surface area contributed by atoms with Gasteiger partial charge in [0, 0.05) is 24.8 Å². The molecule has 2 aliphatic heterocycles. The molecule has 148 valence electrons. The molecule has 1 amide bonds. The summed E-state index contributed by atoms with van der Waals surface area (Å²) in [4.78, 5) is 14.5. The van der Waals surface area contributed by atoms with Crippen LogP contribution in [0.25, 0.3) is 0 Å². The summed E-state index contributed by atoms with van der Waals surface area (Å²) >= 11 is 0. The van der Waals surface area contributed by atoms with Gasteiger partial charge in [0.15, 0.2) is 0 Å². The molecule has 0 bridgehead atoms. The number of likely N-dealkylation sites (tertiary alicyclic amines) is 1. The summed E-state index contributed by atoms with van der Waals surface area (Å²) in [5.41, 5.74) is -0.0959. The number of hydrogen-bond donors (Lipinski definition) is 0. The van der Waals surface area contributed by atoms with Crippen LogP contribution in [-0.4, -0.2) is 48.0 Å². The van der Waals surface area contributed by atoms with Crippen molar-refractivity contribution in [1.82, 2.24) is 4.90 Å². The van der Waals surface area contributed by atoms with Crippen LogP contribution in [0.3, 0.4) is 0 Å². The first-order valence-corrected chi connectivity index (χ1v) is 9.78. The normalized spacial score (nSPS) is 27.1. The molecule has 2 heterocycles. The summed E-state index contributed by atoms with van der Waals surface area (Å²) in [5.74, 6) is 0.203. The monoisotopic (exact) mass is 373 g/mol. The van der Waals surface area contributed by atoms with Crippen LogP contribution in [0.4, 0.5) is 4.79 Å². The van der Waals surface area contributed by atoms with E-state index in [0.717, 1.165) is 0 Å². The maximum atomic E-state index is 12.7. The van der Waals surface area contributed by atoms with Gasteiger partial charge in [0.2, 0.25) is 0 Å². The third-order valence-electron chi connectivity index (χ3n) is 5.87. The van der Waals surface area contributed by atoms with Crippen LogP contribution < -0.4 is 0 Å². The van der Waals surface area contributed by atoms with Gasteiger partial charge in [-0.15, -0.1) is 0 Å². The molecule has 5 nitrogen and oxygen atoms in total. The van der Waals surface area contributed by atoms with Crippen molar-refractivity contribution in [2.45, 2.75) is 77.0 Å². The number of nitrogens with zero attached hydrogens (tertiary/aromatic N) is 1. The molecule has 3 rings (SSSR count). The van der Waals surface area contributed by atoms with Gasteiger partial charge in [0.25, 0.3) is 0 Å². The Morgan fingerprint density at radius 3 is 2.15 bits per heavy atom. The summed E-state index contributed by atoms with van der Waals surface area (Å²) in [6.07, 6.45) is -0.276. The van der Waals surface area contributed by atoms with Gasteiger partial charge < -0.3 is 18.9 Å². The highest BCUT2D eigenvalue weighted by atomic mass is 16.7. The molecular weight excluding hydrogens is 341 g/mol. The summed E-state index contributed by atoms with van der Waals surface area (Å²) in [7, 11) is -0.354. The molecule has 27 heavy (non-hydrogen) atoms. The fourth-order valence-corrected chi connectivity index (χ4v) is 3.70. The van der Waals surface area contributed by atoms with E-state index in [9.17, 15) is 4.79 Å². The van der Waals surface area contributed by atoms with Crippen molar-refractivity contribution < 1.29 is 18.8 Å². The molecule has 1 aromatic carbocycles. The smallest absolute Gasteiger partial charge is 0.444 e. The van der Waals surface area contributed by atoms with Crippen molar-refractivity contribution in [3.63, 3.8) is 0 Å². The number of rotatable bonds is 2. The fourth-order valence-electron chi connectivity index (χ4n) is 3.70. The third-order valence-corrected chi connectivity index (χ3v) is 5.87. The second-order valence-corrected chi connectivity index (χ2v) is 9.69. The highest BCUT2D eigenvalue weighted by Crippen LogP contribution is 2.47. The summed E-state index contributed by atoms with van der Waals surface area (Å²) < 4.78 is 18.3. The van der Waals surface area contributed by atoms with E-state index in [1.165, 1.54) is 5.56 Å². The molecule has 0 saturated carbocycles. The molecule has 0 radical (unpaired) electrons. The van der Waals surface area contributed by atoms with Gasteiger partial charge in [-0.1, -0.05) is 30.3 Å². The molecule has 0 aliphatic carbocycles. The Kier molecular flexibility index (Phi) is 5.11. The topological polar surface area (TPSA) is 48.0 Å². The average Bonchev–Trinajstić information content (AvgIpc) is 3.06. The van der Waals surface area contributed by atoms with Crippen molar-refractivity contribution in [3.8, 4) is 0 Å². The third kappa shape index (κ3) is 4.17. The molecule has 2 saturated heterocycles. The van der Waals surface area contributed by atoms with E-state index in [-0.39, 0.29) is 24.9 Å². The Bertz CT molecular complexity index is 667. The lowest BCUT2D eigenvalue weighted by atomic mass is 9.65. The minimum absolute atomic E-state index is 0.0565. The molecule has 2 unspecified atom stereocenters. The standard InChI is InChI=1S/C21H32BNO4/c1-19(2,3)25-18(24)23-13-16(15-11-9-8-10-12-15)17(14-23)22-26-20(4,5)21(6,7)27-22/h8-12,16-17H,13-14H2,1-7H3. The molecule has 2 aliphatic rings. The van der Waals surface area contributed by atoms with Crippen LogP contribution in [-0.2, 0) is 14.0 Å². The largest absolute Gasteiger partial charge is 0.463 e. The van der Waals surface area contributed by atoms with E-state index in [1.807, 2.05) is 39.0 Å². The van der Waals surface area contributed by atoms with Gasteiger partial charge >= 0.3 is 13.2 Å². The maximum Gasteiger partial charge on any atom is 0.463 e. The molecule has 0 aromatic heterocycles. The first-order chi connectivity index (χ1) is 12.4. The molecule has 1 aromatic rings. The van der Waals surface area contributed by atoms with Crippen LogP contribution in [0.15, 0.2) is 30.3 Å². The molecule has 0 N–H and O–H groups in total. The number of ether oxygens (including phenoxy) is 1. The van der Waals surface area contributed by atoms with E-state index in [0.29, 0.717) is 13.1 Å². The molecule has 0 spiro atoms. The maximum absolute atomic E-state index is 12.7. The second-order valence-electron chi connectivity index (χ2n) is 9.69. The van der Waals surface area contributed by atoms with Crippen molar-refractivity contribution in [1.29, 1.82) is 0 Å². The quantitative estimate of drug-likeness (QED) is 0.717. The highest BCUT2D eigenvalue weighted by Gasteiger charge is 2.57.